The van der Waals surface area contributed by atoms with Gasteiger partial charge in [0.15, 0.2) is 0 Å². The van der Waals surface area contributed by atoms with Crippen molar-refractivity contribution in [3.8, 4) is 0 Å². The summed E-state index contributed by atoms with van der Waals surface area (Å²) in [6, 6.07) is 2.14. The molecule has 1 atom stereocenters. The molecule has 94 valence electrons. The highest BCUT2D eigenvalue weighted by atomic mass is 32.1. The summed E-state index contributed by atoms with van der Waals surface area (Å²) in [6.07, 6.45) is 0. The minimum Gasteiger partial charge on any atom is -0.389 e. The maximum absolute atomic E-state index is 5.74. The van der Waals surface area contributed by atoms with Crippen molar-refractivity contribution in [2.45, 2.75) is 26.8 Å². The SMILES string of the molecule is COCC(C)Nc1cc(C)nc(C)c1C(N)=S. The molecule has 4 nitrogen and oxygen atoms in total. The Morgan fingerprint density at radius 3 is 2.76 bits per heavy atom. The van der Waals surface area contributed by atoms with E-state index < -0.39 is 0 Å². The average molecular weight is 253 g/mol. The Labute approximate surface area is 108 Å². The quantitative estimate of drug-likeness (QED) is 0.783. The lowest BCUT2D eigenvalue weighted by atomic mass is 10.1. The molecule has 0 bridgehead atoms. The molecule has 0 spiro atoms. The minimum atomic E-state index is 0.189. The van der Waals surface area contributed by atoms with Crippen LogP contribution in [-0.4, -0.2) is 29.7 Å². The third-order valence-corrected chi connectivity index (χ3v) is 2.60. The predicted octanol–water partition coefficient (Wildman–Crippen LogP) is 1.78. The van der Waals surface area contributed by atoms with Crippen LogP contribution >= 0.6 is 12.2 Å². The van der Waals surface area contributed by atoms with E-state index in [1.807, 2.05) is 26.8 Å². The number of anilines is 1. The van der Waals surface area contributed by atoms with Crippen molar-refractivity contribution >= 4 is 22.9 Å². The highest BCUT2D eigenvalue weighted by Gasteiger charge is 2.12. The summed E-state index contributed by atoms with van der Waals surface area (Å²) >= 11 is 5.06. The van der Waals surface area contributed by atoms with Gasteiger partial charge in [-0.1, -0.05) is 12.2 Å². The second-order valence-electron chi connectivity index (χ2n) is 4.14. The molecule has 0 radical (unpaired) electrons. The zero-order chi connectivity index (χ0) is 13.0. The number of aryl methyl sites for hydroxylation is 2. The lowest BCUT2D eigenvalue weighted by molar-refractivity contribution is 0.190. The van der Waals surface area contributed by atoms with Gasteiger partial charge in [-0.2, -0.15) is 0 Å². The summed E-state index contributed by atoms with van der Waals surface area (Å²) in [4.78, 5) is 4.73. The van der Waals surface area contributed by atoms with Crippen LogP contribution in [0.25, 0.3) is 0 Å². The molecule has 1 rings (SSSR count). The minimum absolute atomic E-state index is 0.189. The molecular weight excluding hydrogens is 234 g/mol. The smallest absolute Gasteiger partial charge is 0.107 e. The van der Waals surface area contributed by atoms with E-state index in [9.17, 15) is 0 Å². The van der Waals surface area contributed by atoms with Crippen LogP contribution in [0.4, 0.5) is 5.69 Å². The molecule has 1 aromatic heterocycles. The van der Waals surface area contributed by atoms with Crippen molar-refractivity contribution in [2.75, 3.05) is 19.0 Å². The van der Waals surface area contributed by atoms with Gasteiger partial charge < -0.3 is 15.8 Å². The van der Waals surface area contributed by atoms with Gasteiger partial charge in [0.05, 0.1) is 12.2 Å². The van der Waals surface area contributed by atoms with E-state index in [0.717, 1.165) is 22.6 Å². The van der Waals surface area contributed by atoms with Crippen LogP contribution in [0.2, 0.25) is 0 Å². The van der Waals surface area contributed by atoms with Crippen LogP contribution in [-0.2, 0) is 4.74 Å². The summed E-state index contributed by atoms with van der Waals surface area (Å²) in [6.45, 7) is 6.52. The summed E-state index contributed by atoms with van der Waals surface area (Å²) in [5.74, 6) is 0. The van der Waals surface area contributed by atoms with E-state index >= 15 is 0 Å². The second-order valence-corrected chi connectivity index (χ2v) is 4.58. The monoisotopic (exact) mass is 253 g/mol. The first-order valence-electron chi connectivity index (χ1n) is 5.49. The van der Waals surface area contributed by atoms with Crippen LogP contribution < -0.4 is 11.1 Å². The van der Waals surface area contributed by atoms with Crippen LogP contribution in [0.5, 0.6) is 0 Å². The first-order chi connectivity index (χ1) is 7.95. The number of thiocarbonyl (C=S) groups is 1. The number of pyridine rings is 1. The zero-order valence-electron chi connectivity index (χ0n) is 10.7. The fraction of sp³-hybridized carbons (Fsp3) is 0.500. The third-order valence-electron chi connectivity index (χ3n) is 2.39. The van der Waals surface area contributed by atoms with Crippen LogP contribution in [0, 0.1) is 13.8 Å². The van der Waals surface area contributed by atoms with E-state index in [-0.39, 0.29) is 6.04 Å². The summed E-state index contributed by atoms with van der Waals surface area (Å²) in [5.41, 5.74) is 9.26. The summed E-state index contributed by atoms with van der Waals surface area (Å²) in [5, 5.41) is 3.34. The van der Waals surface area contributed by atoms with Crippen molar-refractivity contribution in [3.05, 3.63) is 23.0 Å². The Hall–Kier alpha value is -1.20. The molecule has 5 heteroatoms. The molecule has 3 N–H and O–H groups in total. The van der Waals surface area contributed by atoms with Gasteiger partial charge in [0.25, 0.3) is 0 Å². The number of aromatic nitrogens is 1. The summed E-state index contributed by atoms with van der Waals surface area (Å²) < 4.78 is 5.09. The molecule has 0 aliphatic carbocycles. The van der Waals surface area contributed by atoms with E-state index in [1.165, 1.54) is 0 Å². The standard InChI is InChI=1S/C12H19N3OS/c1-7-5-10(15-8(2)6-16-4)11(12(13)17)9(3)14-7/h5,8H,6H2,1-4H3,(H2,13,17)(H,14,15). The second kappa shape index (κ2) is 5.93. The fourth-order valence-corrected chi connectivity index (χ4v) is 2.07. The lowest BCUT2D eigenvalue weighted by Gasteiger charge is -2.18. The lowest BCUT2D eigenvalue weighted by Crippen LogP contribution is -2.24. The van der Waals surface area contributed by atoms with Gasteiger partial charge in [-0.15, -0.1) is 0 Å². The van der Waals surface area contributed by atoms with Gasteiger partial charge >= 0.3 is 0 Å². The van der Waals surface area contributed by atoms with Gasteiger partial charge in [0, 0.05) is 30.2 Å². The molecule has 0 aliphatic heterocycles. The molecule has 0 aromatic carbocycles. The Kier molecular flexibility index (Phi) is 4.84. The van der Waals surface area contributed by atoms with Crippen LogP contribution in [0.15, 0.2) is 6.07 Å². The third kappa shape index (κ3) is 3.64. The first kappa shape index (κ1) is 13.9. The van der Waals surface area contributed by atoms with Crippen molar-refractivity contribution in [2.24, 2.45) is 5.73 Å². The molecule has 0 amide bonds. The van der Waals surface area contributed by atoms with Crippen molar-refractivity contribution in [1.82, 2.24) is 4.98 Å². The molecular formula is C12H19N3OS. The largest absolute Gasteiger partial charge is 0.389 e. The molecule has 1 heterocycles. The van der Waals surface area contributed by atoms with Gasteiger partial charge in [-0.25, -0.2) is 0 Å². The van der Waals surface area contributed by atoms with E-state index in [0.29, 0.717) is 11.6 Å². The molecule has 17 heavy (non-hydrogen) atoms. The number of nitrogens with one attached hydrogen (secondary N) is 1. The molecule has 1 aromatic rings. The number of rotatable bonds is 5. The molecule has 0 saturated heterocycles. The van der Waals surface area contributed by atoms with E-state index in [2.05, 4.69) is 10.3 Å². The highest BCUT2D eigenvalue weighted by Crippen LogP contribution is 2.20. The molecule has 0 fully saturated rings. The number of nitrogens with zero attached hydrogens (tertiary/aromatic N) is 1. The Morgan fingerprint density at radius 2 is 2.24 bits per heavy atom. The fourth-order valence-electron chi connectivity index (χ4n) is 1.81. The van der Waals surface area contributed by atoms with E-state index in [1.54, 1.807) is 7.11 Å². The van der Waals surface area contributed by atoms with Gasteiger partial charge in [0.1, 0.15) is 4.99 Å². The highest BCUT2D eigenvalue weighted by molar-refractivity contribution is 7.80. The summed E-state index contributed by atoms with van der Waals surface area (Å²) in [7, 11) is 1.68. The van der Waals surface area contributed by atoms with Crippen molar-refractivity contribution in [3.63, 3.8) is 0 Å². The number of hydrogen-bond acceptors (Lipinski definition) is 4. The predicted molar refractivity (Wildman–Crippen MR) is 74.6 cm³/mol. The van der Waals surface area contributed by atoms with Crippen LogP contribution in [0.3, 0.4) is 0 Å². The Morgan fingerprint density at radius 1 is 1.59 bits per heavy atom. The topological polar surface area (TPSA) is 60.2 Å². The van der Waals surface area contributed by atoms with E-state index in [4.69, 9.17) is 22.7 Å². The maximum atomic E-state index is 5.74. The van der Waals surface area contributed by atoms with Gasteiger partial charge in [0.2, 0.25) is 0 Å². The number of nitrogens with two attached hydrogens (primary N) is 1. The number of hydrogen-bond donors (Lipinski definition) is 2. The Bertz CT molecular complexity index is 420. The van der Waals surface area contributed by atoms with Crippen molar-refractivity contribution < 1.29 is 4.74 Å². The first-order valence-corrected chi connectivity index (χ1v) is 5.90. The number of ether oxygens (including phenoxy) is 1. The Balaban J connectivity index is 3.08. The van der Waals surface area contributed by atoms with Crippen LogP contribution in [0.1, 0.15) is 23.9 Å². The van der Waals surface area contributed by atoms with Gasteiger partial charge in [-0.3, -0.25) is 4.98 Å². The zero-order valence-corrected chi connectivity index (χ0v) is 11.5. The van der Waals surface area contributed by atoms with Gasteiger partial charge in [-0.05, 0) is 26.8 Å². The van der Waals surface area contributed by atoms with Crippen molar-refractivity contribution in [1.29, 1.82) is 0 Å². The molecule has 1 unspecified atom stereocenters. The normalized spacial score (nSPS) is 12.2. The number of methoxy groups -OCH3 is 1. The maximum Gasteiger partial charge on any atom is 0.107 e. The molecule has 0 saturated carbocycles. The molecule has 0 aliphatic rings. The average Bonchev–Trinajstić information content (AvgIpc) is 2.15.